The second-order valence-corrected chi connectivity index (χ2v) is 8.77. The van der Waals surface area contributed by atoms with Crippen molar-refractivity contribution < 1.29 is 27.1 Å². The number of carbonyl (C=O) groups is 1. The van der Waals surface area contributed by atoms with Crippen molar-refractivity contribution in [3.05, 3.63) is 41.3 Å². The molecule has 8 nitrogen and oxygen atoms in total. The van der Waals surface area contributed by atoms with Crippen LogP contribution in [-0.4, -0.2) is 62.9 Å². The van der Waals surface area contributed by atoms with Crippen LogP contribution in [0.25, 0.3) is 0 Å². The Labute approximate surface area is 163 Å². The van der Waals surface area contributed by atoms with Crippen molar-refractivity contribution in [1.29, 1.82) is 0 Å². The molecule has 0 radical (unpaired) electrons. The van der Waals surface area contributed by atoms with E-state index in [1.165, 1.54) is 16.4 Å². The summed E-state index contributed by atoms with van der Waals surface area (Å²) in [5.41, 5.74) is 0.528. The maximum atomic E-state index is 13.0. The van der Waals surface area contributed by atoms with Crippen molar-refractivity contribution in [3.63, 3.8) is 0 Å². The van der Waals surface area contributed by atoms with Crippen molar-refractivity contribution in [3.8, 4) is 11.5 Å². The third-order valence-electron chi connectivity index (χ3n) is 4.95. The maximum Gasteiger partial charge on any atom is 0.257 e. The van der Waals surface area contributed by atoms with Crippen LogP contribution in [0.1, 0.15) is 21.9 Å². The number of carbonyl (C=O) groups excluding carboxylic acids is 1. The lowest BCUT2D eigenvalue weighted by Crippen LogP contribution is -2.50. The molecule has 0 atom stereocenters. The molecule has 0 N–H and O–H groups in total. The van der Waals surface area contributed by atoms with Gasteiger partial charge in [0.05, 0.1) is 10.5 Å². The number of rotatable bonds is 3. The van der Waals surface area contributed by atoms with Gasteiger partial charge in [-0.3, -0.25) is 4.79 Å². The van der Waals surface area contributed by atoms with Gasteiger partial charge in [0.2, 0.25) is 10.0 Å². The number of ether oxygens (including phenoxy) is 2. The number of sulfonamides is 1. The predicted molar refractivity (Wildman–Crippen MR) is 100 cm³/mol. The van der Waals surface area contributed by atoms with Crippen LogP contribution >= 0.6 is 0 Å². The topological polar surface area (TPSA) is 89.3 Å². The summed E-state index contributed by atoms with van der Waals surface area (Å²) in [4.78, 5) is 14.5. The molecule has 9 heteroatoms. The minimum absolute atomic E-state index is 0.134. The molecule has 0 bridgehead atoms. The molecule has 2 aliphatic heterocycles. The molecule has 0 aliphatic carbocycles. The van der Waals surface area contributed by atoms with Crippen LogP contribution < -0.4 is 9.47 Å². The molecule has 1 aromatic carbocycles. The van der Waals surface area contributed by atoms with Gasteiger partial charge >= 0.3 is 0 Å². The molecule has 4 rings (SSSR count). The SMILES string of the molecule is Cc1cc(C(=O)N2CCN(S(=O)(=O)c3ccc4c(c3)OCCO4)CC2)c(C)o1. The minimum Gasteiger partial charge on any atom is -0.486 e. The van der Waals surface area contributed by atoms with Crippen molar-refractivity contribution in [2.45, 2.75) is 18.7 Å². The molecule has 1 fully saturated rings. The van der Waals surface area contributed by atoms with Crippen LogP contribution in [0.4, 0.5) is 0 Å². The predicted octanol–water partition coefficient (Wildman–Crippen LogP) is 1.81. The fourth-order valence-corrected chi connectivity index (χ4v) is 4.92. The zero-order valence-corrected chi connectivity index (χ0v) is 16.6. The van der Waals surface area contributed by atoms with E-state index >= 15 is 0 Å². The molecule has 0 spiro atoms. The zero-order valence-electron chi connectivity index (χ0n) is 15.8. The quantitative estimate of drug-likeness (QED) is 0.772. The fraction of sp³-hybridized carbons (Fsp3) is 0.421. The van der Waals surface area contributed by atoms with Crippen molar-refractivity contribution in [2.75, 3.05) is 39.4 Å². The summed E-state index contributed by atoms with van der Waals surface area (Å²) in [5.74, 6) is 2.11. The standard InChI is InChI=1S/C19H22N2O6S/c1-13-11-16(14(2)27-13)19(22)20-5-7-21(8-6-20)28(23,24)15-3-4-17-18(12-15)26-10-9-25-17/h3-4,11-12H,5-10H2,1-2H3. The Balaban J connectivity index is 1.47. The molecule has 1 aromatic heterocycles. The van der Waals surface area contributed by atoms with Gasteiger partial charge in [-0.2, -0.15) is 4.31 Å². The first-order valence-corrected chi connectivity index (χ1v) is 10.6. The van der Waals surface area contributed by atoms with E-state index < -0.39 is 10.0 Å². The number of benzene rings is 1. The van der Waals surface area contributed by atoms with Gasteiger partial charge in [-0.05, 0) is 32.0 Å². The summed E-state index contributed by atoms with van der Waals surface area (Å²) in [6.07, 6.45) is 0. The Hall–Kier alpha value is -2.52. The normalized spacial score (nSPS) is 17.6. The maximum absolute atomic E-state index is 13.0. The molecule has 150 valence electrons. The van der Waals surface area contributed by atoms with E-state index in [0.717, 1.165) is 0 Å². The molecule has 1 saturated heterocycles. The average Bonchev–Trinajstić information content (AvgIpc) is 3.05. The van der Waals surface area contributed by atoms with Crippen LogP contribution in [0.5, 0.6) is 11.5 Å². The number of hydrogen-bond acceptors (Lipinski definition) is 6. The summed E-state index contributed by atoms with van der Waals surface area (Å²) in [5, 5.41) is 0. The van der Waals surface area contributed by atoms with Crippen molar-refractivity contribution >= 4 is 15.9 Å². The number of hydrogen-bond donors (Lipinski definition) is 0. The molecule has 2 aromatic rings. The van der Waals surface area contributed by atoms with Crippen molar-refractivity contribution in [2.24, 2.45) is 0 Å². The van der Waals surface area contributed by atoms with Gasteiger partial charge in [0.1, 0.15) is 24.7 Å². The van der Waals surface area contributed by atoms with Gasteiger partial charge in [0, 0.05) is 32.2 Å². The first-order chi connectivity index (χ1) is 13.4. The molecular weight excluding hydrogens is 384 g/mol. The number of nitrogens with zero attached hydrogens (tertiary/aromatic N) is 2. The number of amides is 1. The highest BCUT2D eigenvalue weighted by molar-refractivity contribution is 7.89. The van der Waals surface area contributed by atoms with Gasteiger partial charge in [0.15, 0.2) is 11.5 Å². The number of fused-ring (bicyclic) bond motifs is 1. The van der Waals surface area contributed by atoms with E-state index in [9.17, 15) is 13.2 Å². The van der Waals surface area contributed by atoms with E-state index in [4.69, 9.17) is 13.9 Å². The average molecular weight is 406 g/mol. The molecular formula is C19H22N2O6S. The lowest BCUT2D eigenvalue weighted by atomic mass is 10.2. The lowest BCUT2D eigenvalue weighted by molar-refractivity contribution is 0.0696. The van der Waals surface area contributed by atoms with E-state index in [0.29, 0.717) is 54.9 Å². The largest absolute Gasteiger partial charge is 0.486 e. The highest BCUT2D eigenvalue weighted by Crippen LogP contribution is 2.33. The third-order valence-corrected chi connectivity index (χ3v) is 6.84. The van der Waals surface area contributed by atoms with Crippen LogP contribution in [0.15, 0.2) is 33.6 Å². The number of aryl methyl sites for hydroxylation is 2. The highest BCUT2D eigenvalue weighted by atomic mass is 32.2. The molecule has 1 amide bonds. The summed E-state index contributed by atoms with van der Waals surface area (Å²) in [6.45, 7) is 5.51. The van der Waals surface area contributed by atoms with Crippen LogP contribution in [-0.2, 0) is 10.0 Å². The first-order valence-electron chi connectivity index (χ1n) is 9.12. The van der Waals surface area contributed by atoms with E-state index in [1.807, 2.05) is 0 Å². The Morgan fingerprint density at radius 1 is 0.964 bits per heavy atom. The Kier molecular flexibility index (Phi) is 4.80. The van der Waals surface area contributed by atoms with Gasteiger partial charge in [-0.1, -0.05) is 0 Å². The van der Waals surface area contributed by atoms with Crippen molar-refractivity contribution in [1.82, 2.24) is 9.21 Å². The van der Waals surface area contributed by atoms with Crippen LogP contribution in [0.3, 0.4) is 0 Å². The summed E-state index contributed by atoms with van der Waals surface area (Å²) < 4.78 is 43.7. The first kappa shape index (κ1) is 18.8. The van der Waals surface area contributed by atoms with Gasteiger partial charge in [-0.15, -0.1) is 0 Å². The van der Waals surface area contributed by atoms with Gasteiger partial charge in [0.25, 0.3) is 5.91 Å². The third kappa shape index (κ3) is 3.35. The number of piperazine rings is 1. The molecule has 0 saturated carbocycles. The fourth-order valence-electron chi connectivity index (χ4n) is 3.48. The Morgan fingerprint density at radius 3 is 2.29 bits per heavy atom. The van der Waals surface area contributed by atoms with E-state index in [-0.39, 0.29) is 23.9 Å². The Bertz CT molecular complexity index is 1010. The minimum atomic E-state index is -3.67. The van der Waals surface area contributed by atoms with E-state index in [1.54, 1.807) is 30.9 Å². The highest BCUT2D eigenvalue weighted by Gasteiger charge is 2.32. The second kappa shape index (κ2) is 7.14. The second-order valence-electron chi connectivity index (χ2n) is 6.83. The number of furan rings is 1. The monoisotopic (exact) mass is 406 g/mol. The van der Waals surface area contributed by atoms with Crippen LogP contribution in [0, 0.1) is 13.8 Å². The zero-order chi connectivity index (χ0) is 19.9. The Morgan fingerprint density at radius 2 is 1.64 bits per heavy atom. The van der Waals surface area contributed by atoms with E-state index in [2.05, 4.69) is 0 Å². The molecule has 0 unspecified atom stereocenters. The molecule has 28 heavy (non-hydrogen) atoms. The lowest BCUT2D eigenvalue weighted by Gasteiger charge is -2.34. The molecule has 2 aliphatic rings. The smallest absolute Gasteiger partial charge is 0.257 e. The molecule has 3 heterocycles. The van der Waals surface area contributed by atoms with Crippen LogP contribution in [0.2, 0.25) is 0 Å². The summed E-state index contributed by atoms with van der Waals surface area (Å²) in [7, 11) is -3.67. The van der Waals surface area contributed by atoms with Gasteiger partial charge in [-0.25, -0.2) is 8.42 Å². The summed E-state index contributed by atoms with van der Waals surface area (Å²) in [6, 6.07) is 6.36. The summed E-state index contributed by atoms with van der Waals surface area (Å²) >= 11 is 0. The van der Waals surface area contributed by atoms with Gasteiger partial charge < -0.3 is 18.8 Å².